The number of ether oxygens (including phenoxy) is 1. The average Bonchev–Trinajstić information content (AvgIpc) is 3.01. The zero-order valence-corrected chi connectivity index (χ0v) is 11.8. The molecule has 3 rings (SSSR count). The van der Waals surface area contributed by atoms with Crippen LogP contribution in [0.5, 0.6) is 5.88 Å². The van der Waals surface area contributed by atoms with Gasteiger partial charge >= 0.3 is 0 Å². The molecule has 0 amide bonds. The van der Waals surface area contributed by atoms with Crippen molar-refractivity contribution in [3.63, 3.8) is 0 Å². The van der Waals surface area contributed by atoms with E-state index in [9.17, 15) is 0 Å². The lowest BCUT2D eigenvalue weighted by Crippen LogP contribution is -2.00. The van der Waals surface area contributed by atoms with Gasteiger partial charge in [-0.05, 0) is 13.3 Å². The first-order chi connectivity index (χ1) is 9.63. The number of aromatic nitrogens is 5. The Labute approximate surface area is 115 Å². The zero-order valence-electron chi connectivity index (χ0n) is 11.8. The molecule has 0 saturated heterocycles. The van der Waals surface area contributed by atoms with Gasteiger partial charge in [0.2, 0.25) is 17.5 Å². The molecule has 7 nitrogen and oxygen atoms in total. The molecule has 7 heteroatoms. The fourth-order valence-electron chi connectivity index (χ4n) is 2.25. The molecule has 0 bridgehead atoms. The summed E-state index contributed by atoms with van der Waals surface area (Å²) in [6, 6.07) is 1.87. The van der Waals surface area contributed by atoms with Gasteiger partial charge in [-0.3, -0.25) is 4.40 Å². The third kappa shape index (κ3) is 1.82. The Balaban J connectivity index is 2.30. The van der Waals surface area contributed by atoms with Crippen molar-refractivity contribution >= 4 is 5.78 Å². The number of methoxy groups -OCH3 is 1. The molecule has 3 aromatic heterocycles. The van der Waals surface area contributed by atoms with Gasteiger partial charge in [0.1, 0.15) is 0 Å². The van der Waals surface area contributed by atoms with E-state index in [0.29, 0.717) is 29.1 Å². The van der Waals surface area contributed by atoms with E-state index in [0.717, 1.165) is 17.8 Å². The number of nitrogens with zero attached hydrogens (tertiary/aromatic N) is 5. The number of fused-ring (bicyclic) bond motifs is 1. The summed E-state index contributed by atoms with van der Waals surface area (Å²) >= 11 is 0. The number of rotatable bonds is 3. The maximum Gasteiger partial charge on any atom is 0.268 e. The normalized spacial score (nSPS) is 11.2. The Morgan fingerprint density at radius 2 is 2.05 bits per heavy atom. The third-order valence-corrected chi connectivity index (χ3v) is 3.12. The van der Waals surface area contributed by atoms with Crippen LogP contribution in [0.1, 0.15) is 24.2 Å². The van der Waals surface area contributed by atoms with E-state index in [1.807, 2.05) is 17.4 Å². The van der Waals surface area contributed by atoms with Crippen LogP contribution in [0, 0.1) is 13.8 Å². The van der Waals surface area contributed by atoms with Crippen LogP contribution in [0.3, 0.4) is 0 Å². The minimum Gasteiger partial charge on any atom is -0.481 e. The Kier molecular flexibility index (Phi) is 2.89. The quantitative estimate of drug-likeness (QED) is 0.726. The summed E-state index contributed by atoms with van der Waals surface area (Å²) in [7, 11) is 1.59. The van der Waals surface area contributed by atoms with Crippen LogP contribution in [-0.4, -0.2) is 31.7 Å². The van der Waals surface area contributed by atoms with Gasteiger partial charge in [-0.25, -0.2) is 4.98 Å². The standard InChI is InChI=1S/C13H15N5O2/c1-5-9-11(12-17-16-8(3)20-12)15-13-14-10(19-4)6-7(2)18(9)13/h6H,5H2,1-4H3. The van der Waals surface area contributed by atoms with Crippen LogP contribution in [0.15, 0.2) is 10.5 Å². The molecule has 0 aromatic carbocycles. The van der Waals surface area contributed by atoms with Crippen LogP contribution in [-0.2, 0) is 6.42 Å². The summed E-state index contributed by atoms with van der Waals surface area (Å²) in [5, 5.41) is 7.89. The molecule has 0 N–H and O–H groups in total. The molecule has 0 fully saturated rings. The van der Waals surface area contributed by atoms with Gasteiger partial charge in [0.05, 0.1) is 12.8 Å². The van der Waals surface area contributed by atoms with Crippen molar-refractivity contribution < 1.29 is 9.15 Å². The van der Waals surface area contributed by atoms with Gasteiger partial charge in [-0.2, -0.15) is 4.98 Å². The Hall–Kier alpha value is -2.44. The van der Waals surface area contributed by atoms with Crippen LogP contribution in [0.4, 0.5) is 0 Å². The second-order valence-electron chi connectivity index (χ2n) is 4.46. The first-order valence-electron chi connectivity index (χ1n) is 6.37. The molecule has 0 spiro atoms. The van der Waals surface area contributed by atoms with Crippen molar-refractivity contribution in [3.8, 4) is 17.5 Å². The van der Waals surface area contributed by atoms with Crippen molar-refractivity contribution in [2.45, 2.75) is 27.2 Å². The van der Waals surface area contributed by atoms with Crippen LogP contribution < -0.4 is 4.74 Å². The lowest BCUT2D eigenvalue weighted by Gasteiger charge is -2.05. The molecule has 0 aliphatic carbocycles. The summed E-state index contributed by atoms with van der Waals surface area (Å²) in [4.78, 5) is 8.87. The highest BCUT2D eigenvalue weighted by atomic mass is 16.5. The van der Waals surface area contributed by atoms with E-state index in [1.54, 1.807) is 14.0 Å². The van der Waals surface area contributed by atoms with Crippen molar-refractivity contribution in [1.29, 1.82) is 0 Å². The topological polar surface area (TPSA) is 78.3 Å². The number of hydrogen-bond acceptors (Lipinski definition) is 6. The molecule has 3 aromatic rings. The highest BCUT2D eigenvalue weighted by Gasteiger charge is 2.20. The number of aryl methyl sites for hydroxylation is 3. The van der Waals surface area contributed by atoms with Gasteiger partial charge < -0.3 is 9.15 Å². The molecule has 0 aliphatic heterocycles. The van der Waals surface area contributed by atoms with E-state index in [-0.39, 0.29) is 0 Å². The van der Waals surface area contributed by atoms with Gasteiger partial charge in [0.25, 0.3) is 5.89 Å². The highest BCUT2D eigenvalue weighted by molar-refractivity contribution is 5.58. The highest BCUT2D eigenvalue weighted by Crippen LogP contribution is 2.25. The Morgan fingerprint density at radius 3 is 2.65 bits per heavy atom. The molecule has 3 heterocycles. The SMILES string of the molecule is CCc1c(-c2nnc(C)o2)nc2nc(OC)cc(C)n12. The molecular formula is C13H15N5O2. The van der Waals surface area contributed by atoms with E-state index in [1.165, 1.54) is 0 Å². The van der Waals surface area contributed by atoms with E-state index in [4.69, 9.17) is 9.15 Å². The second-order valence-corrected chi connectivity index (χ2v) is 4.46. The van der Waals surface area contributed by atoms with Crippen molar-refractivity contribution in [2.24, 2.45) is 0 Å². The Bertz CT molecular complexity index is 775. The van der Waals surface area contributed by atoms with Crippen LogP contribution in [0.2, 0.25) is 0 Å². The first-order valence-corrected chi connectivity index (χ1v) is 6.37. The predicted octanol–water partition coefficient (Wildman–Crippen LogP) is 1.97. The number of hydrogen-bond donors (Lipinski definition) is 0. The van der Waals surface area contributed by atoms with Gasteiger partial charge in [-0.15, -0.1) is 10.2 Å². The molecule has 0 unspecified atom stereocenters. The fourth-order valence-corrected chi connectivity index (χ4v) is 2.25. The van der Waals surface area contributed by atoms with Crippen LogP contribution in [0.25, 0.3) is 17.4 Å². The molecule has 0 aliphatic rings. The molecule has 104 valence electrons. The van der Waals surface area contributed by atoms with Crippen molar-refractivity contribution in [1.82, 2.24) is 24.6 Å². The minimum atomic E-state index is 0.420. The van der Waals surface area contributed by atoms with Crippen molar-refractivity contribution in [2.75, 3.05) is 7.11 Å². The fraction of sp³-hybridized carbons (Fsp3) is 0.385. The predicted molar refractivity (Wildman–Crippen MR) is 71.7 cm³/mol. The molecular weight excluding hydrogens is 258 g/mol. The van der Waals surface area contributed by atoms with Crippen molar-refractivity contribution in [3.05, 3.63) is 23.3 Å². The molecule has 0 radical (unpaired) electrons. The molecule has 0 saturated carbocycles. The van der Waals surface area contributed by atoms with E-state index >= 15 is 0 Å². The van der Waals surface area contributed by atoms with E-state index in [2.05, 4.69) is 27.1 Å². The molecule has 0 atom stereocenters. The third-order valence-electron chi connectivity index (χ3n) is 3.12. The Morgan fingerprint density at radius 1 is 1.25 bits per heavy atom. The summed E-state index contributed by atoms with van der Waals surface area (Å²) in [5.41, 5.74) is 2.67. The summed E-state index contributed by atoms with van der Waals surface area (Å²) in [6.07, 6.45) is 0.785. The second kappa shape index (κ2) is 4.59. The minimum absolute atomic E-state index is 0.420. The zero-order chi connectivity index (χ0) is 14.3. The number of imidazole rings is 1. The van der Waals surface area contributed by atoms with E-state index < -0.39 is 0 Å². The maximum atomic E-state index is 5.48. The van der Waals surface area contributed by atoms with Gasteiger partial charge in [0, 0.05) is 18.7 Å². The summed E-state index contributed by atoms with van der Waals surface area (Å²) in [6.45, 7) is 5.80. The lowest BCUT2D eigenvalue weighted by atomic mass is 10.2. The first kappa shape index (κ1) is 12.6. The average molecular weight is 273 g/mol. The smallest absolute Gasteiger partial charge is 0.268 e. The largest absolute Gasteiger partial charge is 0.481 e. The van der Waals surface area contributed by atoms with Crippen LogP contribution >= 0.6 is 0 Å². The van der Waals surface area contributed by atoms with Gasteiger partial charge in [-0.1, -0.05) is 6.92 Å². The lowest BCUT2D eigenvalue weighted by molar-refractivity contribution is 0.397. The molecule has 20 heavy (non-hydrogen) atoms. The van der Waals surface area contributed by atoms with Gasteiger partial charge in [0.15, 0.2) is 5.69 Å². The summed E-state index contributed by atoms with van der Waals surface area (Å²) < 4.78 is 12.6. The monoisotopic (exact) mass is 273 g/mol. The summed E-state index contributed by atoms with van der Waals surface area (Å²) in [5.74, 6) is 2.05. The maximum absolute atomic E-state index is 5.48.